The Balaban J connectivity index is 2.31. The quantitative estimate of drug-likeness (QED) is 0.794. The Kier molecular flexibility index (Phi) is 3.07. The fourth-order valence-corrected chi connectivity index (χ4v) is 2.05. The van der Waals surface area contributed by atoms with Gasteiger partial charge in [0.25, 0.3) is 0 Å². The third-order valence-electron chi connectivity index (χ3n) is 3.03. The molecule has 0 saturated heterocycles. The minimum absolute atomic E-state index is 0.0593. The van der Waals surface area contributed by atoms with Crippen LogP contribution >= 0.6 is 0 Å². The van der Waals surface area contributed by atoms with E-state index in [9.17, 15) is 0 Å². The van der Waals surface area contributed by atoms with Gasteiger partial charge in [-0.2, -0.15) is 0 Å². The molecule has 4 heteroatoms. The second-order valence-electron chi connectivity index (χ2n) is 5.26. The summed E-state index contributed by atoms with van der Waals surface area (Å²) >= 11 is 0. The van der Waals surface area contributed by atoms with Crippen molar-refractivity contribution in [3.8, 4) is 0 Å². The van der Waals surface area contributed by atoms with Gasteiger partial charge in [-0.05, 0) is 30.0 Å². The van der Waals surface area contributed by atoms with Crippen LogP contribution in [0.1, 0.15) is 20.3 Å². The standard InChI is InChI=1S/C13H19N3O/c1-13(2,5-6-17)8-16-9-15-11-7-10(14)3-4-12(11)16/h3-4,7,9,17H,5-6,8,14H2,1-2H3. The number of benzene rings is 1. The van der Waals surface area contributed by atoms with Gasteiger partial charge < -0.3 is 15.4 Å². The highest BCUT2D eigenvalue weighted by Gasteiger charge is 2.18. The normalized spacial score (nSPS) is 12.2. The molecule has 0 amide bonds. The van der Waals surface area contributed by atoms with E-state index in [0.29, 0.717) is 0 Å². The molecule has 17 heavy (non-hydrogen) atoms. The lowest BCUT2D eigenvalue weighted by atomic mass is 9.89. The van der Waals surface area contributed by atoms with Gasteiger partial charge in [0.2, 0.25) is 0 Å². The lowest BCUT2D eigenvalue weighted by Gasteiger charge is -2.24. The van der Waals surface area contributed by atoms with Crippen molar-refractivity contribution in [1.29, 1.82) is 0 Å². The Bertz CT molecular complexity index is 516. The van der Waals surface area contributed by atoms with Crippen LogP contribution in [0.5, 0.6) is 0 Å². The van der Waals surface area contributed by atoms with Crippen molar-refractivity contribution < 1.29 is 5.11 Å². The van der Waals surface area contributed by atoms with E-state index in [-0.39, 0.29) is 12.0 Å². The molecule has 0 aliphatic rings. The molecule has 3 N–H and O–H groups in total. The SMILES string of the molecule is CC(C)(CCO)Cn1cnc2cc(N)ccc21. The maximum atomic E-state index is 9.04. The maximum absolute atomic E-state index is 9.04. The van der Waals surface area contributed by atoms with Gasteiger partial charge >= 0.3 is 0 Å². The van der Waals surface area contributed by atoms with Gasteiger partial charge in [-0.15, -0.1) is 0 Å². The molecule has 0 aliphatic carbocycles. The highest BCUT2D eigenvalue weighted by atomic mass is 16.3. The van der Waals surface area contributed by atoms with E-state index in [1.54, 1.807) is 0 Å². The van der Waals surface area contributed by atoms with Gasteiger partial charge in [0.15, 0.2) is 0 Å². The Labute approximate surface area is 101 Å². The largest absolute Gasteiger partial charge is 0.399 e. The summed E-state index contributed by atoms with van der Waals surface area (Å²) in [4.78, 5) is 4.34. The predicted molar refractivity (Wildman–Crippen MR) is 69.6 cm³/mol. The van der Waals surface area contributed by atoms with Gasteiger partial charge in [0.05, 0.1) is 17.4 Å². The molecule has 1 heterocycles. The van der Waals surface area contributed by atoms with Crippen LogP contribution in [-0.4, -0.2) is 21.3 Å². The summed E-state index contributed by atoms with van der Waals surface area (Å²) in [6, 6.07) is 5.76. The molecule has 2 aromatic rings. The number of nitrogens with two attached hydrogens (primary N) is 1. The molecule has 1 aromatic carbocycles. The molecule has 92 valence electrons. The van der Waals surface area contributed by atoms with Crippen LogP contribution in [0.2, 0.25) is 0 Å². The van der Waals surface area contributed by atoms with Crippen LogP contribution in [-0.2, 0) is 6.54 Å². The fraction of sp³-hybridized carbons (Fsp3) is 0.462. The van der Waals surface area contributed by atoms with Crippen molar-refractivity contribution in [3.63, 3.8) is 0 Å². The van der Waals surface area contributed by atoms with E-state index in [0.717, 1.165) is 29.7 Å². The summed E-state index contributed by atoms with van der Waals surface area (Å²) in [5.74, 6) is 0. The first-order chi connectivity index (χ1) is 8.02. The number of anilines is 1. The second kappa shape index (κ2) is 4.37. The van der Waals surface area contributed by atoms with E-state index in [2.05, 4.69) is 23.4 Å². The van der Waals surface area contributed by atoms with Crippen LogP contribution < -0.4 is 5.73 Å². The van der Waals surface area contributed by atoms with Gasteiger partial charge in [0, 0.05) is 18.8 Å². The lowest BCUT2D eigenvalue weighted by Crippen LogP contribution is -2.20. The molecule has 0 bridgehead atoms. The zero-order valence-electron chi connectivity index (χ0n) is 10.3. The van der Waals surface area contributed by atoms with Gasteiger partial charge in [-0.25, -0.2) is 4.98 Å². The number of nitrogen functional groups attached to an aromatic ring is 1. The summed E-state index contributed by atoms with van der Waals surface area (Å²) in [5.41, 5.74) is 8.53. The molecule has 1 aromatic heterocycles. The first kappa shape index (κ1) is 11.9. The summed E-state index contributed by atoms with van der Waals surface area (Å²) < 4.78 is 2.12. The topological polar surface area (TPSA) is 64.1 Å². The van der Waals surface area contributed by atoms with Gasteiger partial charge in [-0.1, -0.05) is 13.8 Å². The highest BCUT2D eigenvalue weighted by Crippen LogP contribution is 2.25. The summed E-state index contributed by atoms with van der Waals surface area (Å²) in [5, 5.41) is 9.04. The first-order valence-corrected chi connectivity index (χ1v) is 5.83. The molecule has 4 nitrogen and oxygen atoms in total. The van der Waals surface area contributed by atoms with E-state index < -0.39 is 0 Å². The molecule has 0 unspecified atom stereocenters. The Morgan fingerprint density at radius 3 is 2.88 bits per heavy atom. The molecule has 0 radical (unpaired) electrons. The third kappa shape index (κ3) is 2.58. The van der Waals surface area contributed by atoms with Crippen LogP contribution in [0.4, 0.5) is 5.69 Å². The van der Waals surface area contributed by atoms with E-state index in [1.807, 2.05) is 24.5 Å². The smallest absolute Gasteiger partial charge is 0.0958 e. The number of aromatic nitrogens is 2. The molecule has 0 saturated carbocycles. The average Bonchev–Trinajstić information content (AvgIpc) is 2.60. The Morgan fingerprint density at radius 2 is 2.18 bits per heavy atom. The number of fused-ring (bicyclic) bond motifs is 1. The van der Waals surface area contributed by atoms with E-state index >= 15 is 0 Å². The van der Waals surface area contributed by atoms with Crippen molar-refractivity contribution >= 4 is 16.7 Å². The summed E-state index contributed by atoms with van der Waals surface area (Å²) in [6.45, 7) is 5.35. The fourth-order valence-electron chi connectivity index (χ4n) is 2.05. The van der Waals surface area contributed by atoms with E-state index in [1.165, 1.54) is 0 Å². The Morgan fingerprint density at radius 1 is 1.41 bits per heavy atom. The molecule has 0 fully saturated rings. The van der Waals surface area contributed by atoms with Crippen LogP contribution in [0, 0.1) is 5.41 Å². The zero-order chi connectivity index (χ0) is 12.5. The average molecular weight is 233 g/mol. The van der Waals surface area contributed by atoms with Gasteiger partial charge in [0.1, 0.15) is 0 Å². The monoisotopic (exact) mass is 233 g/mol. The Hall–Kier alpha value is -1.55. The molecule has 0 atom stereocenters. The summed E-state index contributed by atoms with van der Waals surface area (Å²) in [6.07, 6.45) is 2.62. The zero-order valence-corrected chi connectivity index (χ0v) is 10.3. The number of aliphatic hydroxyl groups excluding tert-OH is 1. The third-order valence-corrected chi connectivity index (χ3v) is 3.03. The number of imidazole rings is 1. The number of hydrogen-bond acceptors (Lipinski definition) is 3. The molecule has 0 aliphatic heterocycles. The number of hydrogen-bond donors (Lipinski definition) is 2. The predicted octanol–water partition coefficient (Wildman–Crippen LogP) is 2.03. The molecular formula is C13H19N3O. The maximum Gasteiger partial charge on any atom is 0.0958 e. The lowest BCUT2D eigenvalue weighted by molar-refractivity contribution is 0.194. The van der Waals surface area contributed by atoms with Crippen molar-refractivity contribution in [1.82, 2.24) is 9.55 Å². The van der Waals surface area contributed by atoms with Crippen LogP contribution in [0.15, 0.2) is 24.5 Å². The molecule has 2 rings (SSSR count). The summed E-state index contributed by atoms with van der Waals surface area (Å²) in [7, 11) is 0. The van der Waals surface area contributed by atoms with Crippen LogP contribution in [0.3, 0.4) is 0 Å². The number of nitrogens with zero attached hydrogens (tertiary/aromatic N) is 2. The van der Waals surface area contributed by atoms with Crippen molar-refractivity contribution in [2.24, 2.45) is 5.41 Å². The van der Waals surface area contributed by atoms with Gasteiger partial charge in [-0.3, -0.25) is 0 Å². The highest BCUT2D eigenvalue weighted by molar-refractivity contribution is 5.78. The molecule has 0 spiro atoms. The van der Waals surface area contributed by atoms with Crippen molar-refractivity contribution in [3.05, 3.63) is 24.5 Å². The second-order valence-corrected chi connectivity index (χ2v) is 5.26. The molecular weight excluding hydrogens is 214 g/mol. The first-order valence-electron chi connectivity index (χ1n) is 5.83. The minimum Gasteiger partial charge on any atom is -0.399 e. The number of aliphatic hydroxyl groups is 1. The van der Waals surface area contributed by atoms with Crippen molar-refractivity contribution in [2.75, 3.05) is 12.3 Å². The van der Waals surface area contributed by atoms with E-state index in [4.69, 9.17) is 10.8 Å². The van der Waals surface area contributed by atoms with Crippen LogP contribution in [0.25, 0.3) is 11.0 Å². The minimum atomic E-state index is 0.0593. The number of rotatable bonds is 4. The van der Waals surface area contributed by atoms with Crippen molar-refractivity contribution in [2.45, 2.75) is 26.8 Å².